The van der Waals surface area contributed by atoms with Crippen LogP contribution in [-0.2, 0) is 7.05 Å². The Morgan fingerprint density at radius 3 is 2.75 bits per heavy atom. The van der Waals surface area contributed by atoms with Gasteiger partial charge in [0.1, 0.15) is 5.82 Å². The standard InChI is InChI=1S/C15H19ClFN3/c1-4-7-18-15(14-8-10(2)19-20(14)3)12-9-11(17)5-6-13(12)16/h5-6,8-9,15,18H,4,7H2,1-3H3. The van der Waals surface area contributed by atoms with Gasteiger partial charge in [0.15, 0.2) is 0 Å². The van der Waals surface area contributed by atoms with Crippen LogP contribution in [0.5, 0.6) is 0 Å². The second-order valence-corrected chi connectivity index (χ2v) is 5.29. The van der Waals surface area contributed by atoms with Crippen molar-refractivity contribution in [2.45, 2.75) is 26.3 Å². The highest BCUT2D eigenvalue weighted by Crippen LogP contribution is 2.29. The van der Waals surface area contributed by atoms with Gasteiger partial charge in [0.05, 0.1) is 17.4 Å². The maximum atomic E-state index is 13.5. The molecular formula is C15H19ClFN3. The van der Waals surface area contributed by atoms with Gasteiger partial charge in [-0.2, -0.15) is 5.10 Å². The lowest BCUT2D eigenvalue weighted by molar-refractivity contribution is 0.548. The van der Waals surface area contributed by atoms with E-state index in [1.165, 1.54) is 12.1 Å². The molecule has 0 bridgehead atoms. The van der Waals surface area contributed by atoms with Gasteiger partial charge in [-0.1, -0.05) is 18.5 Å². The molecule has 1 aromatic heterocycles. The number of hydrogen-bond acceptors (Lipinski definition) is 2. The SMILES string of the molecule is CCCNC(c1cc(F)ccc1Cl)c1cc(C)nn1C. The lowest BCUT2D eigenvalue weighted by Gasteiger charge is -2.20. The average Bonchev–Trinajstić information content (AvgIpc) is 2.73. The van der Waals surface area contributed by atoms with Crippen molar-refractivity contribution in [2.75, 3.05) is 6.54 Å². The van der Waals surface area contributed by atoms with E-state index in [1.54, 1.807) is 6.07 Å². The number of nitrogens with one attached hydrogen (secondary N) is 1. The summed E-state index contributed by atoms with van der Waals surface area (Å²) in [6.45, 7) is 4.85. The van der Waals surface area contributed by atoms with Crippen molar-refractivity contribution < 1.29 is 4.39 Å². The third kappa shape index (κ3) is 3.19. The van der Waals surface area contributed by atoms with Crippen LogP contribution in [0, 0.1) is 12.7 Å². The summed E-state index contributed by atoms with van der Waals surface area (Å²) in [4.78, 5) is 0. The van der Waals surface area contributed by atoms with E-state index in [4.69, 9.17) is 11.6 Å². The summed E-state index contributed by atoms with van der Waals surface area (Å²) in [6, 6.07) is 6.28. The minimum atomic E-state index is -0.286. The van der Waals surface area contributed by atoms with Crippen molar-refractivity contribution in [3.8, 4) is 0 Å². The molecule has 1 aromatic carbocycles. The largest absolute Gasteiger partial charge is 0.305 e. The van der Waals surface area contributed by atoms with Gasteiger partial charge in [-0.05, 0) is 49.7 Å². The Bertz CT molecular complexity index is 595. The zero-order chi connectivity index (χ0) is 14.7. The van der Waals surface area contributed by atoms with Crippen LogP contribution in [0.2, 0.25) is 5.02 Å². The average molecular weight is 296 g/mol. The van der Waals surface area contributed by atoms with E-state index in [0.717, 1.165) is 29.9 Å². The molecule has 0 aliphatic rings. The summed E-state index contributed by atoms with van der Waals surface area (Å²) in [5.74, 6) is -0.286. The predicted molar refractivity (Wildman–Crippen MR) is 79.5 cm³/mol. The molecule has 20 heavy (non-hydrogen) atoms. The van der Waals surface area contributed by atoms with Gasteiger partial charge in [0.25, 0.3) is 0 Å². The number of hydrogen-bond donors (Lipinski definition) is 1. The summed E-state index contributed by atoms with van der Waals surface area (Å²) < 4.78 is 15.4. The van der Waals surface area contributed by atoms with E-state index in [0.29, 0.717) is 5.02 Å². The molecule has 0 amide bonds. The second kappa shape index (κ2) is 6.37. The van der Waals surface area contributed by atoms with Crippen LogP contribution in [0.1, 0.15) is 36.3 Å². The molecule has 0 radical (unpaired) electrons. The Morgan fingerprint density at radius 1 is 1.40 bits per heavy atom. The molecular weight excluding hydrogens is 277 g/mol. The summed E-state index contributed by atoms with van der Waals surface area (Å²) in [7, 11) is 1.89. The zero-order valence-electron chi connectivity index (χ0n) is 12.0. The Kier molecular flexibility index (Phi) is 4.78. The van der Waals surface area contributed by atoms with Crippen LogP contribution in [0.25, 0.3) is 0 Å². The van der Waals surface area contributed by atoms with E-state index >= 15 is 0 Å². The molecule has 0 aliphatic heterocycles. The lowest BCUT2D eigenvalue weighted by Crippen LogP contribution is -2.25. The van der Waals surface area contributed by atoms with Gasteiger partial charge < -0.3 is 5.32 Å². The Morgan fingerprint density at radius 2 is 2.15 bits per heavy atom. The fourth-order valence-electron chi connectivity index (χ4n) is 2.30. The van der Waals surface area contributed by atoms with Gasteiger partial charge in [0.2, 0.25) is 0 Å². The van der Waals surface area contributed by atoms with E-state index in [1.807, 2.05) is 24.7 Å². The highest BCUT2D eigenvalue weighted by atomic mass is 35.5. The number of aromatic nitrogens is 2. The smallest absolute Gasteiger partial charge is 0.123 e. The first kappa shape index (κ1) is 15.0. The molecule has 1 unspecified atom stereocenters. The highest BCUT2D eigenvalue weighted by molar-refractivity contribution is 6.31. The number of nitrogens with zero attached hydrogens (tertiary/aromatic N) is 2. The van der Waals surface area contributed by atoms with Crippen molar-refractivity contribution in [3.05, 3.63) is 52.1 Å². The van der Waals surface area contributed by atoms with Crippen LogP contribution in [0.15, 0.2) is 24.3 Å². The van der Waals surface area contributed by atoms with E-state index in [-0.39, 0.29) is 11.9 Å². The molecule has 0 fully saturated rings. The van der Waals surface area contributed by atoms with Crippen LogP contribution < -0.4 is 5.32 Å². The van der Waals surface area contributed by atoms with E-state index < -0.39 is 0 Å². The Balaban J connectivity index is 2.46. The molecule has 5 heteroatoms. The monoisotopic (exact) mass is 295 g/mol. The van der Waals surface area contributed by atoms with Gasteiger partial charge >= 0.3 is 0 Å². The molecule has 0 spiro atoms. The summed E-state index contributed by atoms with van der Waals surface area (Å²) in [6.07, 6.45) is 0.986. The quantitative estimate of drug-likeness (QED) is 0.913. The number of rotatable bonds is 5. The summed E-state index contributed by atoms with van der Waals surface area (Å²) in [5, 5.41) is 8.32. The summed E-state index contributed by atoms with van der Waals surface area (Å²) in [5.41, 5.74) is 2.64. The topological polar surface area (TPSA) is 29.9 Å². The molecule has 0 saturated carbocycles. The van der Waals surface area contributed by atoms with E-state index in [2.05, 4.69) is 17.3 Å². The molecule has 2 aromatic rings. The first-order valence-electron chi connectivity index (χ1n) is 6.71. The van der Waals surface area contributed by atoms with Crippen molar-refractivity contribution in [3.63, 3.8) is 0 Å². The maximum Gasteiger partial charge on any atom is 0.123 e. The molecule has 0 saturated heterocycles. The number of aryl methyl sites for hydroxylation is 2. The molecule has 1 heterocycles. The van der Waals surface area contributed by atoms with Gasteiger partial charge in [0, 0.05) is 12.1 Å². The minimum absolute atomic E-state index is 0.163. The zero-order valence-corrected chi connectivity index (χ0v) is 12.7. The van der Waals surface area contributed by atoms with Crippen molar-refractivity contribution in [1.29, 1.82) is 0 Å². The number of benzene rings is 1. The van der Waals surface area contributed by atoms with Gasteiger partial charge in [-0.25, -0.2) is 4.39 Å². The number of halogens is 2. The van der Waals surface area contributed by atoms with E-state index in [9.17, 15) is 4.39 Å². The fourth-order valence-corrected chi connectivity index (χ4v) is 2.53. The minimum Gasteiger partial charge on any atom is -0.305 e. The molecule has 1 atom stereocenters. The van der Waals surface area contributed by atoms with Crippen LogP contribution >= 0.6 is 11.6 Å². The molecule has 0 aliphatic carbocycles. The first-order chi connectivity index (χ1) is 9.52. The van der Waals surface area contributed by atoms with Crippen LogP contribution in [0.3, 0.4) is 0 Å². The summed E-state index contributed by atoms with van der Waals surface area (Å²) >= 11 is 6.24. The fraction of sp³-hybridized carbons (Fsp3) is 0.400. The highest BCUT2D eigenvalue weighted by Gasteiger charge is 2.20. The Hall–Kier alpha value is -1.39. The molecule has 1 N–H and O–H groups in total. The predicted octanol–water partition coefficient (Wildman–Crippen LogP) is 3.61. The van der Waals surface area contributed by atoms with Crippen molar-refractivity contribution in [1.82, 2.24) is 15.1 Å². The third-order valence-corrected chi connectivity index (χ3v) is 3.55. The van der Waals surface area contributed by atoms with Crippen LogP contribution in [-0.4, -0.2) is 16.3 Å². The lowest BCUT2D eigenvalue weighted by atomic mass is 10.0. The van der Waals surface area contributed by atoms with Crippen LogP contribution in [0.4, 0.5) is 4.39 Å². The maximum absolute atomic E-state index is 13.5. The normalized spacial score (nSPS) is 12.7. The molecule has 108 valence electrons. The molecule has 3 nitrogen and oxygen atoms in total. The Labute approximate surface area is 123 Å². The first-order valence-corrected chi connectivity index (χ1v) is 7.09. The molecule has 2 rings (SSSR count). The van der Waals surface area contributed by atoms with Gasteiger partial charge in [-0.3, -0.25) is 4.68 Å². The second-order valence-electron chi connectivity index (χ2n) is 4.89. The van der Waals surface area contributed by atoms with Crippen molar-refractivity contribution >= 4 is 11.6 Å². The van der Waals surface area contributed by atoms with Gasteiger partial charge in [-0.15, -0.1) is 0 Å². The third-order valence-electron chi connectivity index (χ3n) is 3.20. The van der Waals surface area contributed by atoms with Crippen molar-refractivity contribution in [2.24, 2.45) is 7.05 Å².